The Morgan fingerprint density at radius 1 is 1.03 bits per heavy atom. The number of carboxylic acid groups (broad SMARTS) is 1. The minimum Gasteiger partial charge on any atom is -0.481 e. The number of benzene rings is 2. The van der Waals surface area contributed by atoms with Crippen LogP contribution >= 0.6 is 0 Å². The van der Waals surface area contributed by atoms with E-state index < -0.39 is 24.0 Å². The summed E-state index contributed by atoms with van der Waals surface area (Å²) >= 11 is 0. The molecule has 2 aliphatic rings. The minimum atomic E-state index is -0.899. The highest BCUT2D eigenvalue weighted by Crippen LogP contribution is 2.44. The monoisotopic (exact) mass is 464 g/mol. The summed E-state index contributed by atoms with van der Waals surface area (Å²) in [5, 5.41) is 14.8. The molecule has 1 saturated carbocycles. The lowest BCUT2D eigenvalue weighted by atomic mass is 9.98. The molecule has 2 atom stereocenters. The minimum absolute atomic E-state index is 0.0599. The number of carbonyl (C=O) groups excluding carboxylic acids is 2. The van der Waals surface area contributed by atoms with Gasteiger partial charge in [-0.3, -0.25) is 9.59 Å². The van der Waals surface area contributed by atoms with Gasteiger partial charge in [0.25, 0.3) is 0 Å². The molecule has 0 spiro atoms. The van der Waals surface area contributed by atoms with Crippen molar-refractivity contribution in [1.29, 1.82) is 0 Å². The SMILES string of the molecule is CCC[C@@H](NC(=O)OCC1c2ccccc2-c2ccccc21)C(=O)NCC(CC1CC1)C(=O)O. The fourth-order valence-electron chi connectivity index (χ4n) is 4.71. The number of amides is 2. The van der Waals surface area contributed by atoms with Gasteiger partial charge in [0.05, 0.1) is 5.92 Å². The molecule has 0 radical (unpaired) electrons. The molecule has 180 valence electrons. The van der Waals surface area contributed by atoms with Crippen molar-refractivity contribution in [3.05, 3.63) is 59.7 Å². The maximum Gasteiger partial charge on any atom is 0.407 e. The Labute approximate surface area is 199 Å². The van der Waals surface area contributed by atoms with Crippen LogP contribution in [0.2, 0.25) is 0 Å². The summed E-state index contributed by atoms with van der Waals surface area (Å²) in [6, 6.07) is 15.4. The van der Waals surface area contributed by atoms with Gasteiger partial charge in [-0.1, -0.05) is 74.7 Å². The van der Waals surface area contributed by atoms with E-state index in [4.69, 9.17) is 4.74 Å². The van der Waals surface area contributed by atoms with Crippen LogP contribution < -0.4 is 10.6 Å². The fourth-order valence-corrected chi connectivity index (χ4v) is 4.71. The Hall–Kier alpha value is -3.35. The van der Waals surface area contributed by atoms with E-state index in [0.717, 1.165) is 35.1 Å². The zero-order valence-corrected chi connectivity index (χ0v) is 19.5. The van der Waals surface area contributed by atoms with Crippen molar-refractivity contribution in [3.63, 3.8) is 0 Å². The lowest BCUT2D eigenvalue weighted by Gasteiger charge is -2.20. The molecule has 2 aromatic rings. The van der Waals surface area contributed by atoms with E-state index in [1.54, 1.807) is 0 Å². The number of hydrogen-bond acceptors (Lipinski definition) is 4. The Morgan fingerprint density at radius 3 is 2.21 bits per heavy atom. The third-order valence-corrected chi connectivity index (χ3v) is 6.72. The second kappa shape index (κ2) is 10.7. The molecule has 0 aliphatic heterocycles. The van der Waals surface area contributed by atoms with Crippen LogP contribution in [0.5, 0.6) is 0 Å². The first kappa shape index (κ1) is 23.8. The van der Waals surface area contributed by atoms with Gasteiger partial charge in [-0.25, -0.2) is 4.79 Å². The van der Waals surface area contributed by atoms with Crippen LogP contribution in [-0.4, -0.2) is 42.3 Å². The van der Waals surface area contributed by atoms with Crippen molar-refractivity contribution in [1.82, 2.24) is 10.6 Å². The molecule has 7 nitrogen and oxygen atoms in total. The lowest BCUT2D eigenvalue weighted by Crippen LogP contribution is -2.48. The second-order valence-electron chi connectivity index (χ2n) is 9.27. The van der Waals surface area contributed by atoms with Crippen molar-refractivity contribution in [2.45, 2.75) is 51.0 Å². The van der Waals surface area contributed by atoms with Crippen molar-refractivity contribution in [2.24, 2.45) is 11.8 Å². The van der Waals surface area contributed by atoms with Crippen LogP contribution in [0, 0.1) is 11.8 Å². The molecule has 1 unspecified atom stereocenters. The average Bonchev–Trinajstić information content (AvgIpc) is 3.60. The number of ether oxygens (including phenoxy) is 1. The molecule has 34 heavy (non-hydrogen) atoms. The van der Waals surface area contributed by atoms with Gasteiger partial charge < -0.3 is 20.5 Å². The van der Waals surface area contributed by atoms with Crippen molar-refractivity contribution >= 4 is 18.0 Å². The van der Waals surface area contributed by atoms with Gasteiger partial charge in [0.1, 0.15) is 12.6 Å². The van der Waals surface area contributed by atoms with Gasteiger partial charge >= 0.3 is 12.1 Å². The van der Waals surface area contributed by atoms with Crippen LogP contribution in [0.25, 0.3) is 11.1 Å². The number of hydrogen-bond donors (Lipinski definition) is 3. The molecule has 0 saturated heterocycles. The topological polar surface area (TPSA) is 105 Å². The number of carbonyl (C=O) groups is 3. The number of alkyl carbamates (subject to hydrolysis) is 1. The van der Waals surface area contributed by atoms with Crippen LogP contribution in [-0.2, 0) is 14.3 Å². The lowest BCUT2D eigenvalue weighted by molar-refractivity contribution is -0.142. The molecule has 4 rings (SSSR count). The Bertz CT molecular complexity index is 1000. The van der Waals surface area contributed by atoms with Crippen LogP contribution in [0.1, 0.15) is 56.1 Å². The summed E-state index contributed by atoms with van der Waals surface area (Å²) in [6.07, 6.45) is 3.17. The summed E-state index contributed by atoms with van der Waals surface area (Å²) in [7, 11) is 0. The second-order valence-corrected chi connectivity index (χ2v) is 9.27. The number of nitrogens with one attached hydrogen (secondary N) is 2. The van der Waals surface area contributed by atoms with Gasteiger partial charge in [-0.15, -0.1) is 0 Å². The van der Waals surface area contributed by atoms with Gasteiger partial charge in [0, 0.05) is 12.5 Å². The zero-order valence-electron chi connectivity index (χ0n) is 19.5. The fraction of sp³-hybridized carbons (Fsp3) is 0.444. The molecule has 0 aromatic heterocycles. The number of carboxylic acids is 1. The van der Waals surface area contributed by atoms with Gasteiger partial charge in [0.15, 0.2) is 0 Å². The first-order valence-electron chi connectivity index (χ1n) is 12.1. The van der Waals surface area contributed by atoms with Crippen molar-refractivity contribution < 1.29 is 24.2 Å². The summed E-state index contributed by atoms with van der Waals surface area (Å²) in [5.74, 6) is -1.49. The molecule has 2 aliphatic carbocycles. The molecule has 2 aromatic carbocycles. The van der Waals surface area contributed by atoms with E-state index in [1.807, 2.05) is 31.2 Å². The normalized spacial score (nSPS) is 16.1. The first-order chi connectivity index (χ1) is 16.5. The summed E-state index contributed by atoms with van der Waals surface area (Å²) < 4.78 is 5.57. The maximum atomic E-state index is 12.7. The number of rotatable bonds is 11. The largest absolute Gasteiger partial charge is 0.481 e. The standard InChI is InChI=1S/C27H32N2O5/c1-2-7-24(25(30)28-15-18(26(31)32)14-17-12-13-17)29-27(33)34-16-23-21-10-5-3-8-19(21)20-9-4-6-11-22(20)23/h3-6,8-11,17-18,23-24H,2,7,12-16H2,1H3,(H,28,30)(H,29,33)(H,31,32)/t18?,24-/m1/s1. The van der Waals surface area contributed by atoms with E-state index >= 15 is 0 Å². The van der Waals surface area contributed by atoms with Gasteiger partial charge in [0.2, 0.25) is 5.91 Å². The van der Waals surface area contributed by atoms with E-state index in [1.165, 1.54) is 0 Å². The predicted molar refractivity (Wildman–Crippen MR) is 128 cm³/mol. The Kier molecular flexibility index (Phi) is 7.50. The van der Waals surface area contributed by atoms with E-state index in [-0.39, 0.29) is 25.0 Å². The summed E-state index contributed by atoms with van der Waals surface area (Å²) in [4.78, 5) is 36.8. The highest BCUT2D eigenvalue weighted by atomic mass is 16.5. The van der Waals surface area contributed by atoms with E-state index in [0.29, 0.717) is 25.2 Å². The van der Waals surface area contributed by atoms with E-state index in [2.05, 4.69) is 34.9 Å². The van der Waals surface area contributed by atoms with Gasteiger partial charge in [-0.05, 0) is 41.0 Å². The molecule has 7 heteroatoms. The van der Waals surface area contributed by atoms with Crippen LogP contribution in [0.3, 0.4) is 0 Å². The van der Waals surface area contributed by atoms with Crippen LogP contribution in [0.4, 0.5) is 4.79 Å². The average molecular weight is 465 g/mol. The molecular weight excluding hydrogens is 432 g/mol. The highest BCUT2D eigenvalue weighted by molar-refractivity contribution is 5.86. The molecule has 3 N–H and O–H groups in total. The maximum absolute atomic E-state index is 12.7. The smallest absolute Gasteiger partial charge is 0.407 e. The van der Waals surface area contributed by atoms with E-state index in [9.17, 15) is 19.5 Å². The third kappa shape index (κ3) is 5.58. The molecule has 1 fully saturated rings. The Balaban J connectivity index is 1.33. The Morgan fingerprint density at radius 2 is 1.65 bits per heavy atom. The van der Waals surface area contributed by atoms with Gasteiger partial charge in [-0.2, -0.15) is 0 Å². The number of fused-ring (bicyclic) bond motifs is 3. The molecular formula is C27H32N2O5. The van der Waals surface area contributed by atoms with Crippen molar-refractivity contribution in [3.8, 4) is 11.1 Å². The number of aliphatic carboxylic acids is 1. The summed E-state index contributed by atoms with van der Waals surface area (Å²) in [6.45, 7) is 2.16. The zero-order chi connectivity index (χ0) is 24.1. The summed E-state index contributed by atoms with van der Waals surface area (Å²) in [5.41, 5.74) is 4.54. The van der Waals surface area contributed by atoms with Crippen molar-refractivity contribution in [2.75, 3.05) is 13.2 Å². The molecule has 2 amide bonds. The molecule has 0 heterocycles. The quantitative estimate of drug-likeness (QED) is 0.460. The van der Waals surface area contributed by atoms with Crippen LogP contribution in [0.15, 0.2) is 48.5 Å². The third-order valence-electron chi connectivity index (χ3n) is 6.72. The highest BCUT2D eigenvalue weighted by Gasteiger charge is 2.31. The molecule has 0 bridgehead atoms. The first-order valence-corrected chi connectivity index (χ1v) is 12.1. The predicted octanol–water partition coefficient (Wildman–Crippen LogP) is 4.31.